The minimum absolute atomic E-state index is 0.000162. The van der Waals surface area contributed by atoms with Crippen molar-refractivity contribution >= 4 is 5.97 Å². The van der Waals surface area contributed by atoms with E-state index >= 15 is 0 Å². The molecule has 2 N–H and O–H groups in total. The fourth-order valence-corrected chi connectivity index (χ4v) is 4.11. The van der Waals surface area contributed by atoms with Gasteiger partial charge in [-0.15, -0.1) is 0 Å². The molecule has 3 rings (SSSR count). The Labute approximate surface area is 112 Å². The molecule has 0 unspecified atom stereocenters. The molecule has 19 heavy (non-hydrogen) atoms. The number of rotatable bonds is 0. The van der Waals surface area contributed by atoms with E-state index in [-0.39, 0.29) is 29.3 Å². The maximum Gasteiger partial charge on any atom is 0.334 e. The average Bonchev–Trinajstić information content (AvgIpc) is 2.63. The van der Waals surface area contributed by atoms with Crippen LogP contribution in [0.4, 0.5) is 0 Å². The third kappa shape index (κ3) is 1.56. The molecule has 0 bridgehead atoms. The first-order chi connectivity index (χ1) is 8.86. The number of hydrogen-bond acceptors (Lipinski definition) is 4. The van der Waals surface area contributed by atoms with Crippen LogP contribution in [-0.2, 0) is 9.53 Å². The van der Waals surface area contributed by atoms with Crippen molar-refractivity contribution in [1.29, 1.82) is 0 Å². The molecule has 2 saturated carbocycles. The van der Waals surface area contributed by atoms with Gasteiger partial charge in [0.1, 0.15) is 6.10 Å². The molecule has 2 aliphatic carbocycles. The van der Waals surface area contributed by atoms with Crippen LogP contribution in [0.1, 0.15) is 26.2 Å². The Bertz CT molecular complexity index is 469. The van der Waals surface area contributed by atoms with E-state index in [0.717, 1.165) is 12.8 Å². The van der Waals surface area contributed by atoms with Gasteiger partial charge in [-0.05, 0) is 18.4 Å². The molecule has 4 heteroatoms. The van der Waals surface area contributed by atoms with Gasteiger partial charge in [-0.2, -0.15) is 0 Å². The highest BCUT2D eigenvalue weighted by atomic mass is 16.6. The van der Waals surface area contributed by atoms with Crippen molar-refractivity contribution in [2.24, 2.45) is 17.3 Å². The van der Waals surface area contributed by atoms with Gasteiger partial charge in [0, 0.05) is 29.2 Å². The Morgan fingerprint density at radius 2 is 2.05 bits per heavy atom. The van der Waals surface area contributed by atoms with Crippen molar-refractivity contribution in [3.05, 3.63) is 24.3 Å². The first kappa shape index (κ1) is 12.9. The van der Waals surface area contributed by atoms with Crippen LogP contribution in [0.2, 0.25) is 0 Å². The van der Waals surface area contributed by atoms with Gasteiger partial charge >= 0.3 is 5.97 Å². The predicted molar refractivity (Wildman–Crippen MR) is 69.1 cm³/mol. The van der Waals surface area contributed by atoms with Crippen LogP contribution in [0.25, 0.3) is 0 Å². The van der Waals surface area contributed by atoms with Crippen molar-refractivity contribution in [3.8, 4) is 0 Å². The maximum absolute atomic E-state index is 11.7. The molecule has 3 fully saturated rings. The second kappa shape index (κ2) is 3.93. The molecule has 0 spiro atoms. The normalized spacial score (nSPS) is 49.6. The van der Waals surface area contributed by atoms with Gasteiger partial charge < -0.3 is 14.9 Å². The SMILES string of the molecule is C=C1[C@H](O)C[C@H](O)[C@]2(C)CC[C@H]3C(=C)C(=O)O[C@@H]3[C@@H]12. The average molecular weight is 264 g/mol. The highest BCUT2D eigenvalue weighted by Gasteiger charge is 2.59. The molecular weight excluding hydrogens is 244 g/mol. The number of ether oxygens (including phenoxy) is 1. The monoisotopic (exact) mass is 264 g/mol. The minimum Gasteiger partial charge on any atom is -0.458 e. The number of hydrogen-bond donors (Lipinski definition) is 2. The van der Waals surface area contributed by atoms with E-state index in [1.807, 2.05) is 6.92 Å². The van der Waals surface area contributed by atoms with Gasteiger partial charge in [0.25, 0.3) is 0 Å². The number of aliphatic hydroxyl groups excluding tert-OH is 2. The molecule has 6 atom stereocenters. The second-order valence-electron chi connectivity index (χ2n) is 6.37. The molecule has 4 nitrogen and oxygen atoms in total. The van der Waals surface area contributed by atoms with E-state index in [9.17, 15) is 15.0 Å². The molecule has 0 radical (unpaired) electrons. The van der Waals surface area contributed by atoms with E-state index in [2.05, 4.69) is 13.2 Å². The number of aliphatic hydroxyl groups is 2. The number of fused-ring (bicyclic) bond motifs is 3. The lowest BCUT2D eigenvalue weighted by molar-refractivity contribution is -0.155. The third-order valence-corrected chi connectivity index (χ3v) is 5.42. The fourth-order valence-electron chi connectivity index (χ4n) is 4.11. The smallest absolute Gasteiger partial charge is 0.334 e. The predicted octanol–water partition coefficient (Wildman–Crippen LogP) is 1.18. The Hall–Kier alpha value is -1.13. The van der Waals surface area contributed by atoms with Crippen LogP contribution in [-0.4, -0.2) is 34.5 Å². The highest BCUT2D eigenvalue weighted by Crippen LogP contribution is 2.57. The molecule has 1 aliphatic heterocycles. The van der Waals surface area contributed by atoms with Crippen molar-refractivity contribution in [3.63, 3.8) is 0 Å². The number of carbonyl (C=O) groups is 1. The van der Waals surface area contributed by atoms with E-state index < -0.39 is 12.2 Å². The maximum atomic E-state index is 11.7. The van der Waals surface area contributed by atoms with Gasteiger partial charge in [0.05, 0.1) is 12.2 Å². The summed E-state index contributed by atoms with van der Waals surface area (Å²) in [5, 5.41) is 20.4. The van der Waals surface area contributed by atoms with Crippen LogP contribution in [0, 0.1) is 17.3 Å². The first-order valence-electron chi connectivity index (χ1n) is 6.81. The van der Waals surface area contributed by atoms with Gasteiger partial charge in [-0.3, -0.25) is 0 Å². The van der Waals surface area contributed by atoms with E-state index in [0.29, 0.717) is 17.6 Å². The lowest BCUT2D eigenvalue weighted by Gasteiger charge is -2.53. The molecular formula is C15H20O4. The molecule has 104 valence electrons. The summed E-state index contributed by atoms with van der Waals surface area (Å²) in [7, 11) is 0. The molecule has 0 aromatic heterocycles. The molecule has 3 aliphatic rings. The molecule has 1 saturated heterocycles. The van der Waals surface area contributed by atoms with Crippen LogP contribution < -0.4 is 0 Å². The van der Waals surface area contributed by atoms with Gasteiger partial charge in [0.2, 0.25) is 0 Å². The van der Waals surface area contributed by atoms with Crippen molar-refractivity contribution in [2.75, 3.05) is 0 Å². The Morgan fingerprint density at radius 1 is 1.37 bits per heavy atom. The summed E-state index contributed by atoms with van der Waals surface area (Å²) < 4.78 is 5.46. The quantitative estimate of drug-likeness (QED) is 0.392. The Morgan fingerprint density at radius 3 is 2.74 bits per heavy atom. The van der Waals surface area contributed by atoms with Gasteiger partial charge in [0.15, 0.2) is 0 Å². The molecule has 0 aromatic rings. The molecule has 0 aromatic carbocycles. The lowest BCUT2D eigenvalue weighted by Crippen LogP contribution is -2.56. The zero-order valence-corrected chi connectivity index (χ0v) is 11.1. The summed E-state index contributed by atoms with van der Waals surface area (Å²) in [4.78, 5) is 11.7. The van der Waals surface area contributed by atoms with Gasteiger partial charge in [-0.1, -0.05) is 20.1 Å². The standard InChI is InChI=1S/C15H20O4/c1-7-9-4-5-15(3)11(17)6-10(16)8(2)12(15)13(9)19-14(7)18/h9-13,16-17H,1-2,4-6H2,3H3/t9-,10+,11-,12+,13-,15-/m0/s1. The highest BCUT2D eigenvalue weighted by molar-refractivity contribution is 5.91. The zero-order valence-electron chi connectivity index (χ0n) is 11.1. The largest absolute Gasteiger partial charge is 0.458 e. The third-order valence-electron chi connectivity index (χ3n) is 5.42. The summed E-state index contributed by atoms with van der Waals surface area (Å²) in [6.45, 7) is 9.81. The van der Waals surface area contributed by atoms with Crippen LogP contribution in [0.15, 0.2) is 24.3 Å². The molecule has 1 heterocycles. The summed E-state index contributed by atoms with van der Waals surface area (Å²) in [5.41, 5.74) is 0.835. The van der Waals surface area contributed by atoms with Crippen LogP contribution >= 0.6 is 0 Å². The summed E-state index contributed by atoms with van der Waals surface area (Å²) in [5.74, 6) is -0.533. The summed E-state index contributed by atoms with van der Waals surface area (Å²) >= 11 is 0. The Balaban J connectivity index is 2.02. The first-order valence-corrected chi connectivity index (χ1v) is 6.81. The fraction of sp³-hybridized carbons (Fsp3) is 0.667. The van der Waals surface area contributed by atoms with Crippen LogP contribution in [0.5, 0.6) is 0 Å². The summed E-state index contributed by atoms with van der Waals surface area (Å²) in [6, 6.07) is 0. The van der Waals surface area contributed by atoms with Crippen molar-refractivity contribution < 1.29 is 19.7 Å². The van der Waals surface area contributed by atoms with E-state index in [1.165, 1.54) is 0 Å². The van der Waals surface area contributed by atoms with Crippen molar-refractivity contribution in [1.82, 2.24) is 0 Å². The zero-order chi connectivity index (χ0) is 13.9. The van der Waals surface area contributed by atoms with Gasteiger partial charge in [-0.25, -0.2) is 4.79 Å². The molecule has 0 amide bonds. The number of carbonyl (C=O) groups excluding carboxylic acids is 1. The van der Waals surface area contributed by atoms with Crippen LogP contribution in [0.3, 0.4) is 0 Å². The van der Waals surface area contributed by atoms with E-state index in [4.69, 9.17) is 4.74 Å². The minimum atomic E-state index is -0.723. The topological polar surface area (TPSA) is 66.8 Å². The Kier molecular flexibility index (Phi) is 2.67. The lowest BCUT2D eigenvalue weighted by atomic mass is 9.53. The number of esters is 1. The second-order valence-corrected chi connectivity index (χ2v) is 6.37. The van der Waals surface area contributed by atoms with E-state index in [1.54, 1.807) is 0 Å². The van der Waals surface area contributed by atoms with Crippen molar-refractivity contribution in [2.45, 2.75) is 44.5 Å². The summed E-state index contributed by atoms with van der Waals surface area (Å²) in [6.07, 6.45) is 0.268.